The number of rotatable bonds is 1. The molecule has 0 unspecified atom stereocenters. The van der Waals surface area contributed by atoms with Crippen LogP contribution >= 0.6 is 0 Å². The van der Waals surface area contributed by atoms with E-state index in [0.717, 1.165) is 0 Å². The molecule has 7 heteroatoms. The van der Waals surface area contributed by atoms with Gasteiger partial charge in [-0.1, -0.05) is 0 Å². The number of H-pyrrole nitrogens is 1. The molecule has 3 aromatic rings. The first-order chi connectivity index (χ1) is 9.35. The van der Waals surface area contributed by atoms with Gasteiger partial charge in [0.1, 0.15) is 11.3 Å². The second-order valence-corrected chi connectivity index (χ2v) is 4.40. The molecule has 1 N–H and O–H groups in total. The van der Waals surface area contributed by atoms with Crippen molar-refractivity contribution in [3.05, 3.63) is 40.8 Å². The van der Waals surface area contributed by atoms with Gasteiger partial charge >= 0.3 is 6.36 Å². The molecule has 0 amide bonds. The van der Waals surface area contributed by atoms with Crippen molar-refractivity contribution in [2.24, 2.45) is 7.05 Å². The smallest absolute Gasteiger partial charge is 0.406 e. The molecule has 104 valence electrons. The van der Waals surface area contributed by atoms with Gasteiger partial charge in [0, 0.05) is 29.5 Å². The van der Waals surface area contributed by atoms with Gasteiger partial charge in [-0.05, 0) is 24.3 Å². The van der Waals surface area contributed by atoms with Crippen LogP contribution in [-0.2, 0) is 7.05 Å². The van der Waals surface area contributed by atoms with Crippen LogP contribution in [0, 0.1) is 0 Å². The maximum Gasteiger partial charge on any atom is 0.573 e. The molecule has 0 aliphatic rings. The second-order valence-electron chi connectivity index (χ2n) is 4.40. The van der Waals surface area contributed by atoms with Gasteiger partial charge in [-0.3, -0.25) is 4.79 Å². The molecule has 1 aromatic carbocycles. The number of aromatic amines is 1. The Kier molecular flexibility index (Phi) is 2.53. The highest BCUT2D eigenvalue weighted by Crippen LogP contribution is 2.29. The summed E-state index contributed by atoms with van der Waals surface area (Å²) in [4.78, 5) is 14.8. The van der Waals surface area contributed by atoms with Crippen LogP contribution < -0.4 is 10.3 Å². The summed E-state index contributed by atoms with van der Waals surface area (Å²) in [5.41, 5.74) is 0.698. The summed E-state index contributed by atoms with van der Waals surface area (Å²) in [6, 6.07) is 5.60. The summed E-state index contributed by atoms with van der Waals surface area (Å²) in [6.07, 6.45) is -3.18. The van der Waals surface area contributed by atoms with E-state index in [4.69, 9.17) is 0 Å². The first-order valence-corrected chi connectivity index (χ1v) is 5.72. The summed E-state index contributed by atoms with van der Waals surface area (Å²) in [7, 11) is 1.60. The maximum atomic E-state index is 12.2. The number of benzene rings is 1. The zero-order chi connectivity index (χ0) is 14.5. The minimum absolute atomic E-state index is 0.239. The second kappa shape index (κ2) is 4.03. The lowest BCUT2D eigenvalue weighted by atomic mass is 10.2. The number of aryl methyl sites for hydroxylation is 1. The third-order valence-corrected chi connectivity index (χ3v) is 3.04. The largest absolute Gasteiger partial charge is 0.573 e. The Bertz CT molecular complexity index is 862. The number of halogens is 3. The predicted octanol–water partition coefficient (Wildman–Crippen LogP) is 2.92. The van der Waals surface area contributed by atoms with Crippen LogP contribution in [0.1, 0.15) is 0 Å². The highest BCUT2D eigenvalue weighted by atomic mass is 19.4. The van der Waals surface area contributed by atoms with Gasteiger partial charge in [0.05, 0.1) is 0 Å². The lowest BCUT2D eigenvalue weighted by Gasteiger charge is -2.08. The number of nitrogens with one attached hydrogen (secondary N) is 1. The van der Waals surface area contributed by atoms with Gasteiger partial charge in [0.15, 0.2) is 0 Å². The average molecular weight is 282 g/mol. The average Bonchev–Trinajstić information content (AvgIpc) is 2.71. The molecule has 0 fully saturated rings. The summed E-state index contributed by atoms with van der Waals surface area (Å²) in [5.74, 6) is -0.313. The molecule has 0 radical (unpaired) electrons. The van der Waals surface area contributed by atoms with Crippen molar-refractivity contribution in [2.75, 3.05) is 0 Å². The molecule has 0 aliphatic heterocycles. The van der Waals surface area contributed by atoms with Gasteiger partial charge in [-0.25, -0.2) is 0 Å². The molecular formula is C13H9F3N2O2. The van der Waals surface area contributed by atoms with E-state index in [2.05, 4.69) is 9.72 Å². The summed E-state index contributed by atoms with van der Waals surface area (Å²) < 4.78 is 41.9. The molecule has 0 spiro atoms. The van der Waals surface area contributed by atoms with Gasteiger partial charge in [-0.2, -0.15) is 0 Å². The zero-order valence-electron chi connectivity index (χ0n) is 10.3. The molecule has 20 heavy (non-hydrogen) atoms. The van der Waals surface area contributed by atoms with Crippen LogP contribution in [0.15, 0.2) is 35.3 Å². The van der Waals surface area contributed by atoms with E-state index in [1.54, 1.807) is 19.3 Å². The highest BCUT2D eigenvalue weighted by molar-refractivity contribution is 6.07. The van der Waals surface area contributed by atoms with Crippen molar-refractivity contribution >= 4 is 21.8 Å². The normalized spacial score (nSPS) is 12.2. The SMILES string of the molecule is Cn1ccc2c([nH]c3ccc(OC(F)(F)F)cc32)c1=O. The summed E-state index contributed by atoms with van der Waals surface area (Å²) in [5, 5.41) is 1.08. The Morgan fingerprint density at radius 1 is 1.20 bits per heavy atom. The number of pyridine rings is 1. The van der Waals surface area contributed by atoms with Crippen LogP contribution in [0.5, 0.6) is 5.75 Å². The number of hydrogen-bond acceptors (Lipinski definition) is 2. The predicted molar refractivity (Wildman–Crippen MR) is 67.7 cm³/mol. The minimum atomic E-state index is -4.74. The van der Waals surface area contributed by atoms with Gasteiger partial charge in [0.25, 0.3) is 5.56 Å². The first-order valence-electron chi connectivity index (χ1n) is 5.72. The van der Waals surface area contributed by atoms with Crippen LogP contribution in [0.2, 0.25) is 0 Å². The highest BCUT2D eigenvalue weighted by Gasteiger charge is 2.31. The quantitative estimate of drug-likeness (QED) is 0.746. The fourth-order valence-corrected chi connectivity index (χ4v) is 2.16. The molecule has 0 bridgehead atoms. The number of fused-ring (bicyclic) bond motifs is 3. The number of ether oxygens (including phenoxy) is 1. The Balaban J connectivity index is 2.26. The Labute approximate surface area is 110 Å². The van der Waals surface area contributed by atoms with Gasteiger partial charge in [0.2, 0.25) is 0 Å². The Hall–Kier alpha value is -2.44. The third kappa shape index (κ3) is 2.01. The minimum Gasteiger partial charge on any atom is -0.406 e. The number of nitrogens with zero attached hydrogens (tertiary/aromatic N) is 1. The van der Waals surface area contributed by atoms with Crippen molar-refractivity contribution in [3.8, 4) is 5.75 Å². The van der Waals surface area contributed by atoms with Crippen molar-refractivity contribution in [2.45, 2.75) is 6.36 Å². The third-order valence-electron chi connectivity index (χ3n) is 3.04. The van der Waals surface area contributed by atoms with E-state index < -0.39 is 6.36 Å². The van der Waals surface area contributed by atoms with Crippen molar-refractivity contribution in [3.63, 3.8) is 0 Å². The molecule has 4 nitrogen and oxygen atoms in total. The van der Waals surface area contributed by atoms with Crippen LogP contribution in [0.3, 0.4) is 0 Å². The molecular weight excluding hydrogens is 273 g/mol. The van der Waals surface area contributed by atoms with Gasteiger partial charge < -0.3 is 14.3 Å². The van der Waals surface area contributed by atoms with Crippen LogP contribution in [-0.4, -0.2) is 15.9 Å². The fraction of sp³-hybridized carbons (Fsp3) is 0.154. The van der Waals surface area contributed by atoms with Crippen molar-refractivity contribution < 1.29 is 17.9 Å². The zero-order valence-corrected chi connectivity index (χ0v) is 10.3. The monoisotopic (exact) mass is 282 g/mol. The van der Waals surface area contributed by atoms with Crippen molar-refractivity contribution in [1.82, 2.24) is 9.55 Å². The molecule has 0 aliphatic carbocycles. The summed E-state index contributed by atoms with van der Waals surface area (Å²) >= 11 is 0. The van der Waals surface area contributed by atoms with E-state index in [1.165, 1.54) is 22.8 Å². The summed E-state index contributed by atoms with van der Waals surface area (Å²) in [6.45, 7) is 0. The van der Waals surface area contributed by atoms with Crippen LogP contribution in [0.25, 0.3) is 21.8 Å². The van der Waals surface area contributed by atoms with E-state index in [1.807, 2.05) is 0 Å². The lowest BCUT2D eigenvalue weighted by molar-refractivity contribution is -0.274. The lowest BCUT2D eigenvalue weighted by Crippen LogP contribution is -2.16. The number of alkyl halides is 3. The Morgan fingerprint density at radius 3 is 2.65 bits per heavy atom. The standard InChI is InChI=1S/C13H9F3N2O2/c1-18-5-4-8-9-6-7(20-13(14,15)16)2-3-10(9)17-11(8)12(18)19/h2-6,17H,1H3. The maximum absolute atomic E-state index is 12.2. The molecule has 0 saturated heterocycles. The van der Waals surface area contributed by atoms with E-state index in [9.17, 15) is 18.0 Å². The topological polar surface area (TPSA) is 47.0 Å². The van der Waals surface area contributed by atoms with Crippen molar-refractivity contribution in [1.29, 1.82) is 0 Å². The van der Waals surface area contributed by atoms with E-state index in [0.29, 0.717) is 21.8 Å². The molecule has 3 rings (SSSR count). The molecule has 0 saturated carbocycles. The van der Waals surface area contributed by atoms with Gasteiger partial charge in [-0.15, -0.1) is 13.2 Å². The molecule has 2 heterocycles. The molecule has 2 aromatic heterocycles. The molecule has 0 atom stereocenters. The Morgan fingerprint density at radius 2 is 1.95 bits per heavy atom. The van der Waals surface area contributed by atoms with E-state index in [-0.39, 0.29) is 11.3 Å². The fourth-order valence-electron chi connectivity index (χ4n) is 2.16. The number of aromatic nitrogens is 2. The van der Waals surface area contributed by atoms with Crippen LogP contribution in [0.4, 0.5) is 13.2 Å². The van der Waals surface area contributed by atoms with E-state index >= 15 is 0 Å². The first kappa shape index (κ1) is 12.6. The number of hydrogen-bond donors (Lipinski definition) is 1.